The Morgan fingerprint density at radius 3 is 2.53 bits per heavy atom. The Hall–Kier alpha value is -5.49. The quantitative estimate of drug-likeness (QED) is 0.221. The average Bonchev–Trinajstić information content (AvgIpc) is 3.56. The molecule has 0 saturated heterocycles. The van der Waals surface area contributed by atoms with Gasteiger partial charge in [-0.3, -0.25) is 10.1 Å². The summed E-state index contributed by atoms with van der Waals surface area (Å²) < 4.78 is 19.7. The van der Waals surface area contributed by atoms with E-state index in [1.807, 2.05) is 18.2 Å². The van der Waals surface area contributed by atoms with E-state index in [1.54, 1.807) is 54.7 Å². The predicted molar refractivity (Wildman–Crippen MR) is 158 cm³/mol. The maximum atomic E-state index is 13.6. The van der Waals surface area contributed by atoms with Crippen LogP contribution < -0.4 is 10.6 Å². The molecule has 0 bridgehead atoms. The number of carbonyl (C=O) groups excluding carboxylic acids is 2. The van der Waals surface area contributed by atoms with Gasteiger partial charge in [-0.15, -0.1) is 5.10 Å². The number of halogens is 2. The normalized spacial score (nSPS) is 11.7. The smallest absolute Gasteiger partial charge is 0.411 e. The standard InChI is InChI=1S/C30H24ClFN8O3/c1-43-30(42)35-25-10-4-20(5-11-25)22-16-27(37-33-17-22)26(14-19-2-8-24(32)9-3-19)36-29(41)13-6-21-15-23(31)7-12-28(21)40-18-34-38-39-40/h2-13,15-18,26H,14H2,1H3,(H,35,42)(H,36,41)/t26-/m0/s1. The first-order valence-corrected chi connectivity index (χ1v) is 13.3. The molecule has 0 aliphatic carbocycles. The van der Waals surface area contributed by atoms with Gasteiger partial charge in [0.2, 0.25) is 5.91 Å². The van der Waals surface area contributed by atoms with E-state index in [1.165, 1.54) is 36.3 Å². The molecular weight excluding hydrogens is 575 g/mol. The molecule has 0 aliphatic rings. The van der Waals surface area contributed by atoms with Crippen LogP contribution in [0.15, 0.2) is 91.4 Å². The topological polar surface area (TPSA) is 137 Å². The lowest BCUT2D eigenvalue weighted by atomic mass is 10.00. The average molecular weight is 599 g/mol. The van der Waals surface area contributed by atoms with Crippen LogP contribution in [0.5, 0.6) is 0 Å². The number of nitrogens with one attached hydrogen (secondary N) is 2. The van der Waals surface area contributed by atoms with Crippen LogP contribution in [0, 0.1) is 5.82 Å². The lowest BCUT2D eigenvalue weighted by molar-refractivity contribution is -0.117. The molecule has 5 aromatic rings. The van der Waals surface area contributed by atoms with Gasteiger partial charge in [0.1, 0.15) is 12.1 Å². The zero-order chi connectivity index (χ0) is 30.2. The van der Waals surface area contributed by atoms with Crippen molar-refractivity contribution in [1.82, 2.24) is 35.7 Å². The van der Waals surface area contributed by atoms with Gasteiger partial charge >= 0.3 is 6.09 Å². The Kier molecular flexibility index (Phi) is 9.08. The molecule has 0 saturated carbocycles. The molecule has 0 unspecified atom stereocenters. The summed E-state index contributed by atoms with van der Waals surface area (Å²) in [5.41, 5.74) is 4.66. The minimum absolute atomic E-state index is 0.326. The van der Waals surface area contributed by atoms with Crippen LogP contribution in [0.25, 0.3) is 22.9 Å². The highest BCUT2D eigenvalue weighted by molar-refractivity contribution is 6.30. The number of carbonyl (C=O) groups is 2. The number of methoxy groups -OCH3 is 1. The fraction of sp³-hybridized carbons (Fsp3) is 0.100. The highest BCUT2D eigenvalue weighted by Gasteiger charge is 2.18. The van der Waals surface area contributed by atoms with Crippen molar-refractivity contribution in [3.8, 4) is 16.8 Å². The van der Waals surface area contributed by atoms with E-state index in [9.17, 15) is 14.0 Å². The van der Waals surface area contributed by atoms with Crippen LogP contribution in [0.2, 0.25) is 5.02 Å². The Morgan fingerprint density at radius 2 is 1.81 bits per heavy atom. The lowest BCUT2D eigenvalue weighted by Crippen LogP contribution is -2.29. The van der Waals surface area contributed by atoms with Crippen molar-refractivity contribution >= 4 is 35.4 Å². The van der Waals surface area contributed by atoms with Gasteiger partial charge in [-0.2, -0.15) is 14.9 Å². The SMILES string of the molecule is COC(=O)Nc1ccc(-c2cnnc([C@H](Cc3ccc(F)cc3)NC(=O)C=Cc3cc(Cl)ccc3-n3cnnn3)c2)cc1. The second-order valence-electron chi connectivity index (χ2n) is 9.25. The molecule has 13 heteroatoms. The van der Waals surface area contributed by atoms with Gasteiger partial charge < -0.3 is 10.1 Å². The van der Waals surface area contributed by atoms with E-state index >= 15 is 0 Å². The van der Waals surface area contributed by atoms with Crippen LogP contribution in [-0.4, -0.2) is 49.5 Å². The van der Waals surface area contributed by atoms with Gasteiger partial charge in [-0.25, -0.2) is 9.18 Å². The lowest BCUT2D eigenvalue weighted by Gasteiger charge is -2.18. The van der Waals surface area contributed by atoms with Gasteiger partial charge in [0.25, 0.3) is 0 Å². The Balaban J connectivity index is 1.40. The fourth-order valence-electron chi connectivity index (χ4n) is 4.24. The maximum absolute atomic E-state index is 13.6. The summed E-state index contributed by atoms with van der Waals surface area (Å²) in [5.74, 6) is -0.765. The van der Waals surface area contributed by atoms with E-state index in [0.29, 0.717) is 34.1 Å². The van der Waals surface area contributed by atoms with E-state index in [2.05, 4.69) is 41.1 Å². The van der Waals surface area contributed by atoms with Gasteiger partial charge in [0, 0.05) is 27.9 Å². The third-order valence-electron chi connectivity index (χ3n) is 6.35. The fourth-order valence-corrected chi connectivity index (χ4v) is 4.42. The molecule has 216 valence electrons. The van der Waals surface area contributed by atoms with Crippen molar-refractivity contribution in [3.05, 3.63) is 119 Å². The molecule has 43 heavy (non-hydrogen) atoms. The number of ether oxygens (including phenoxy) is 1. The minimum atomic E-state index is -0.603. The number of anilines is 1. The summed E-state index contributed by atoms with van der Waals surface area (Å²) in [6, 6.07) is 19.5. The molecule has 0 aliphatic heterocycles. The number of aromatic nitrogens is 6. The second-order valence-corrected chi connectivity index (χ2v) is 9.68. The third-order valence-corrected chi connectivity index (χ3v) is 6.58. The summed E-state index contributed by atoms with van der Waals surface area (Å²) in [6.07, 6.45) is 5.78. The maximum Gasteiger partial charge on any atom is 0.411 e. The molecule has 1 atom stereocenters. The Morgan fingerprint density at radius 1 is 1.02 bits per heavy atom. The number of amides is 2. The molecule has 11 nitrogen and oxygen atoms in total. The van der Waals surface area contributed by atoms with Gasteiger partial charge in [-0.05, 0) is 82.6 Å². The molecule has 0 radical (unpaired) electrons. The second kappa shape index (κ2) is 13.4. The number of hydrogen-bond acceptors (Lipinski definition) is 8. The first-order valence-electron chi connectivity index (χ1n) is 12.9. The predicted octanol–water partition coefficient (Wildman–Crippen LogP) is 5.20. The molecule has 5 rings (SSSR count). The van der Waals surface area contributed by atoms with Crippen LogP contribution in [-0.2, 0) is 16.0 Å². The number of nitrogens with zero attached hydrogens (tertiary/aromatic N) is 6. The number of benzene rings is 3. The van der Waals surface area contributed by atoms with Crippen LogP contribution >= 0.6 is 11.6 Å². The van der Waals surface area contributed by atoms with Crippen molar-refractivity contribution in [1.29, 1.82) is 0 Å². The van der Waals surface area contributed by atoms with Crippen molar-refractivity contribution in [3.63, 3.8) is 0 Å². The number of hydrogen-bond donors (Lipinski definition) is 2. The van der Waals surface area contributed by atoms with Crippen LogP contribution in [0.4, 0.5) is 14.9 Å². The molecule has 0 spiro atoms. The van der Waals surface area contributed by atoms with E-state index in [0.717, 1.165) is 16.7 Å². The first kappa shape index (κ1) is 29.0. The molecule has 3 aromatic carbocycles. The zero-order valence-electron chi connectivity index (χ0n) is 22.7. The summed E-state index contributed by atoms with van der Waals surface area (Å²) in [6.45, 7) is 0. The molecule has 2 amide bonds. The number of tetrazole rings is 1. The summed E-state index contributed by atoms with van der Waals surface area (Å²) in [7, 11) is 1.29. The first-order chi connectivity index (χ1) is 20.9. The summed E-state index contributed by atoms with van der Waals surface area (Å²) in [4.78, 5) is 24.7. The Labute approximate surface area is 250 Å². The van der Waals surface area contributed by atoms with E-state index in [4.69, 9.17) is 11.6 Å². The van der Waals surface area contributed by atoms with Gasteiger partial charge in [0.05, 0.1) is 30.7 Å². The zero-order valence-corrected chi connectivity index (χ0v) is 23.4. The highest BCUT2D eigenvalue weighted by atomic mass is 35.5. The third kappa shape index (κ3) is 7.63. The summed E-state index contributed by atoms with van der Waals surface area (Å²) in [5, 5.41) is 25.8. The molecule has 2 aromatic heterocycles. The Bertz CT molecular complexity index is 1750. The summed E-state index contributed by atoms with van der Waals surface area (Å²) >= 11 is 6.20. The van der Waals surface area contributed by atoms with Crippen LogP contribution in [0.1, 0.15) is 22.9 Å². The largest absolute Gasteiger partial charge is 0.453 e. The minimum Gasteiger partial charge on any atom is -0.453 e. The van der Waals surface area contributed by atoms with Crippen LogP contribution in [0.3, 0.4) is 0 Å². The molecule has 2 heterocycles. The highest BCUT2D eigenvalue weighted by Crippen LogP contribution is 2.25. The van der Waals surface area contributed by atoms with Crippen molar-refractivity contribution in [2.24, 2.45) is 0 Å². The molecule has 0 fully saturated rings. The molecular formula is C30H24ClFN8O3. The van der Waals surface area contributed by atoms with E-state index in [-0.39, 0.29) is 5.82 Å². The van der Waals surface area contributed by atoms with Gasteiger partial charge in [-0.1, -0.05) is 35.9 Å². The van der Waals surface area contributed by atoms with Gasteiger partial charge in [0.15, 0.2) is 0 Å². The van der Waals surface area contributed by atoms with Crippen molar-refractivity contribution in [2.75, 3.05) is 12.4 Å². The number of rotatable bonds is 9. The monoisotopic (exact) mass is 598 g/mol. The van der Waals surface area contributed by atoms with E-state index < -0.39 is 18.0 Å². The van der Waals surface area contributed by atoms with Crippen molar-refractivity contribution in [2.45, 2.75) is 12.5 Å². The molecule has 2 N–H and O–H groups in total. The van der Waals surface area contributed by atoms with Crippen molar-refractivity contribution < 1.29 is 18.7 Å².